The molecule has 144 heavy (non-hydrogen) atoms. The number of aromatic amines is 1. The number of halogens is 9. The molecule has 21 aromatic rings. The number of alkyl halides is 9. The van der Waals surface area contributed by atoms with Crippen LogP contribution in [0.5, 0.6) is 0 Å². The van der Waals surface area contributed by atoms with E-state index < -0.39 is 47.5 Å². The van der Waals surface area contributed by atoms with Crippen LogP contribution in [0.3, 0.4) is 0 Å². The van der Waals surface area contributed by atoms with Gasteiger partial charge in [0.25, 0.3) is 12.9 Å². The third-order valence-electron chi connectivity index (χ3n) is 19.1. The zero-order valence-electron chi connectivity index (χ0n) is 78.6. The molecule has 3 radical (unpaired) electrons. The van der Waals surface area contributed by atoms with Crippen molar-refractivity contribution in [3.8, 4) is 68.7 Å². The van der Waals surface area contributed by atoms with E-state index in [1.54, 1.807) is 122 Å². The number of rotatable bonds is 10. The first kappa shape index (κ1) is 122. The Morgan fingerprint density at radius 1 is 0.472 bits per heavy atom. The number of aromatic carboxylic acids is 2. The molecule has 17 heterocycles. The number of carboxylic acid groups (broad SMARTS) is 2. The number of carboxylic acids is 2. The van der Waals surface area contributed by atoms with Gasteiger partial charge in [0, 0.05) is 190 Å². The summed E-state index contributed by atoms with van der Waals surface area (Å²) in [5, 5.41) is 69.0. The average Bonchev–Trinajstić information content (AvgIpc) is 1.25. The second kappa shape index (κ2) is 57.9. The Kier molecular flexibility index (Phi) is 49.1. The van der Waals surface area contributed by atoms with Crippen LogP contribution in [-0.4, -0.2) is 128 Å². The van der Waals surface area contributed by atoms with Gasteiger partial charge >= 0.3 is 149 Å². The van der Waals surface area contributed by atoms with Crippen LogP contribution in [0.2, 0.25) is 0 Å². The summed E-state index contributed by atoms with van der Waals surface area (Å²) < 4.78 is 118. The predicted octanol–water partition coefficient (Wildman–Crippen LogP) is 3.95. The summed E-state index contributed by atoms with van der Waals surface area (Å²) in [5.74, 6) is -0.313. The number of hydrogen-bond acceptors (Lipinski definition) is 23. The van der Waals surface area contributed by atoms with E-state index in [0.717, 1.165) is 135 Å². The maximum absolute atomic E-state index is 12.2. The van der Waals surface area contributed by atoms with E-state index in [9.17, 15) is 49.1 Å². The molecule has 0 spiro atoms. The number of hydrogen-bond donors (Lipinski definition) is 3. The number of imidazole rings is 3. The third-order valence-corrected chi connectivity index (χ3v) is 19.1. The van der Waals surface area contributed by atoms with E-state index >= 15 is 0 Å². The van der Waals surface area contributed by atoms with Crippen LogP contribution in [0, 0.1) is 50.3 Å². The Morgan fingerprint density at radius 3 is 1.25 bits per heavy atom. The molecule has 0 atom stereocenters. The molecule has 4 aromatic carbocycles. The molecule has 0 saturated carbocycles. The number of benzene rings is 4. The summed E-state index contributed by atoms with van der Waals surface area (Å²) in [6.45, 7) is 5.53. The molecule has 0 aliphatic carbocycles. The number of para-hydroxylation sites is 4. The van der Waals surface area contributed by atoms with E-state index in [1.807, 2.05) is 154 Å². The maximum Gasteiger partial charge on any atom is 1.00 e. The Balaban J connectivity index is 0.000000421. The van der Waals surface area contributed by atoms with Gasteiger partial charge in [-0.15, -0.1) is 36.4 Å². The summed E-state index contributed by atoms with van der Waals surface area (Å²) in [4.78, 5) is 92.8. The van der Waals surface area contributed by atoms with E-state index in [4.69, 9.17) is 35.6 Å². The molecule has 0 bridgehead atoms. The number of nitrogens with zero attached hydrogens (tertiary/aromatic N) is 22. The van der Waals surface area contributed by atoms with Crippen molar-refractivity contribution in [2.24, 2.45) is 14.1 Å². The van der Waals surface area contributed by atoms with Crippen LogP contribution in [0.15, 0.2) is 281 Å². The zero-order chi connectivity index (χ0) is 97.9. The van der Waals surface area contributed by atoms with Crippen LogP contribution in [0.1, 0.15) is 63.7 Å². The van der Waals surface area contributed by atoms with Crippen LogP contribution in [0.4, 0.5) is 39.5 Å². The number of carbonyl (C=O) groups excluding carboxylic acids is 2. The van der Waals surface area contributed by atoms with Gasteiger partial charge in [0.15, 0.2) is 0 Å². The van der Waals surface area contributed by atoms with Crippen molar-refractivity contribution < 1.29 is 271 Å². The minimum atomic E-state index is -4.46. The normalized spacial score (nSPS) is 10.3. The number of nitrogens with one attached hydrogen (secondary N) is 1. The minimum absolute atomic E-state index is 0. The number of fused-ring (bicyclic) bond motifs is 12. The minimum Gasteiger partial charge on any atom is -1.00 e. The molecule has 0 amide bonds. The van der Waals surface area contributed by atoms with Crippen molar-refractivity contribution >= 4 is 95.9 Å². The molecular weight excluding hydrogens is 2460 g/mol. The van der Waals surface area contributed by atoms with Crippen molar-refractivity contribution in [3.05, 3.63) is 350 Å². The number of aryl methyl sites for hydroxylation is 5. The van der Waals surface area contributed by atoms with Crippen LogP contribution in [0.25, 0.3) is 134 Å². The Morgan fingerprint density at radius 2 is 0.875 bits per heavy atom. The van der Waals surface area contributed by atoms with Crippen LogP contribution in [-0.2, 0) is 112 Å². The second-order valence-corrected chi connectivity index (χ2v) is 28.1. The Bertz CT molecular complexity index is 7340. The molecule has 0 fully saturated rings. The Hall–Kier alpha value is -12.5. The van der Waals surface area contributed by atoms with Gasteiger partial charge in [0.05, 0.1) is 52.5 Å². The van der Waals surface area contributed by atoms with Gasteiger partial charge in [-0.25, -0.2) is 24.8 Å². The molecule has 17 aromatic heterocycles. The van der Waals surface area contributed by atoms with E-state index in [-0.39, 0.29) is 223 Å². The van der Waals surface area contributed by atoms with Gasteiger partial charge < -0.3 is 102 Å². The first-order valence-corrected chi connectivity index (χ1v) is 39.7. The van der Waals surface area contributed by atoms with Gasteiger partial charge in [-0.3, -0.25) is 39.5 Å². The van der Waals surface area contributed by atoms with Gasteiger partial charge in [0.2, 0.25) is 0 Å². The monoisotopic (exact) mass is 2530 g/mol. The van der Waals surface area contributed by atoms with Crippen molar-refractivity contribution in [1.29, 1.82) is 5.26 Å². The van der Waals surface area contributed by atoms with E-state index in [0.29, 0.717) is 22.8 Å². The smallest absolute Gasteiger partial charge is 1.00 e. The molecule has 21 rings (SSSR count). The third kappa shape index (κ3) is 32.3. The average molecular weight is 2530 g/mol. The molecule has 0 aliphatic heterocycles. The fourth-order valence-corrected chi connectivity index (χ4v) is 13.1. The molecule has 723 valence electrons. The van der Waals surface area contributed by atoms with E-state index in [1.165, 1.54) is 18.6 Å². The van der Waals surface area contributed by atoms with Crippen molar-refractivity contribution in [1.82, 2.24) is 109 Å². The quantitative estimate of drug-likeness (QED) is 0.0332. The standard InChI is InChI=1S/C16H9N4.C15H12N3.2C13H10N2O2.3C9H5F3N3.C9H8N3.2CH2O3.3Ir.4Na.2H/c1-10-9-20-14-5-3-2-4-12(14)15-13(16(20)18-10)7-6-11(8-17)19-15;1-12-11-18(14-7-3-2-4-8-14)15(17-12)13-6-5-9-16-10-13;2*1-15-11-5-3-2-4-8(11)9-6-10(13(16)17)14-7-12(9)15;3*10-9(11,12)8-5-7(14-15-8)6-3-1-2-4-13-6;1-7-5-11-9(12-7)8-3-2-4-10-6-8;2*2-1-4-3;;;;;;;;;/h2-6,9H,1H3;2-5,7-11H,1H3;2*2-7H,1H3,(H,16,17);3*1-5H;2,4-6H,1H3,(H,11,12);2*1,3H;;;;;;;;;/q2*-1;;;4*-1;;;;;;4*+1;2*-1/p-2. The predicted molar refractivity (Wildman–Crippen MR) is 476 cm³/mol. The molecule has 3 N–H and O–H groups in total. The molecule has 33 nitrogen and oxygen atoms in total. The molecule has 0 saturated heterocycles. The molecular formula is C95H68F9Ir3N23Na4O10-6. The van der Waals surface area contributed by atoms with Crippen molar-refractivity contribution in [2.45, 2.75) is 39.3 Å². The van der Waals surface area contributed by atoms with Gasteiger partial charge in [-0.2, -0.15) is 39.5 Å². The number of aromatic nitrogens is 22. The molecule has 0 aliphatic rings. The number of carbonyl (C=O) groups is 4. The fourth-order valence-electron chi connectivity index (χ4n) is 13.1. The number of nitriles is 1. The summed E-state index contributed by atoms with van der Waals surface area (Å²) in [7, 11) is 3.90. The van der Waals surface area contributed by atoms with Gasteiger partial charge in [-0.1, -0.05) is 149 Å². The first-order chi connectivity index (χ1) is 65.9. The van der Waals surface area contributed by atoms with Crippen molar-refractivity contribution in [3.63, 3.8) is 0 Å². The topological polar surface area (TPSA) is 455 Å². The summed E-state index contributed by atoms with van der Waals surface area (Å²) in [6, 6.07) is 71.2. The summed E-state index contributed by atoms with van der Waals surface area (Å²) in [6.07, 6.45) is 7.10. The van der Waals surface area contributed by atoms with Crippen LogP contribution < -0.4 is 144 Å². The van der Waals surface area contributed by atoms with Gasteiger partial charge in [-0.05, 0) is 129 Å². The molecule has 0 unspecified atom stereocenters. The largest absolute Gasteiger partial charge is 1.00 e. The van der Waals surface area contributed by atoms with Crippen LogP contribution >= 0.6 is 0 Å². The first-order valence-electron chi connectivity index (χ1n) is 39.7. The summed E-state index contributed by atoms with van der Waals surface area (Å²) >= 11 is 0. The van der Waals surface area contributed by atoms with Gasteiger partial charge in [0.1, 0.15) is 28.5 Å². The van der Waals surface area contributed by atoms with Crippen molar-refractivity contribution in [2.75, 3.05) is 0 Å². The fraction of sp³-hybridized carbons (Fsp3) is 0.0842. The maximum atomic E-state index is 12.2. The zero-order valence-corrected chi connectivity index (χ0v) is 91.8. The SMILES string of the molecule is Cc1c[nH]c(-c2[c-]ccnc2)n1.Cc1cn(-c2ccccc2)c(-c2[c-]ccnc2)n1.Cc1cn2c3ccccc3c3nc(C#N)c[c-]c3c2n1.Cn1c2ccccc2c2cc(C(=O)O)ncc21.Cn1c2ccccc2c2cc(C(=O)O)ncc21.FC(F)(F)c1cc(-c2ccccn2)[n-]n1.FC(F)(F)c1cc(-c2ccccn2)[n-]n1.FC(F)(F)c1cc(-c2ccccn2)[n-]n1.O=CO[O-].O=CO[O-].[H-].[H-].[Ir].[Ir].[Ir].[Na+].[Na+].[Na+].[Na+]. The number of H-pyrrole nitrogens is 1. The second-order valence-electron chi connectivity index (χ2n) is 28.1. The Labute approximate surface area is 942 Å². The molecule has 49 heteroatoms. The number of pyridine rings is 9. The van der Waals surface area contributed by atoms with E-state index in [2.05, 4.69) is 146 Å². The summed E-state index contributed by atoms with van der Waals surface area (Å²) in [5.41, 5.74) is 11.5.